The van der Waals surface area contributed by atoms with Gasteiger partial charge in [-0.25, -0.2) is 17.5 Å². The predicted molar refractivity (Wildman–Crippen MR) is 56.7 cm³/mol. The van der Waals surface area contributed by atoms with Gasteiger partial charge in [-0.05, 0) is 6.92 Å². The summed E-state index contributed by atoms with van der Waals surface area (Å²) in [5, 5.41) is 3.09. The molecule has 0 atom stereocenters. The number of nitrogens with zero attached hydrogens (tertiary/aromatic N) is 2. The fourth-order valence-electron chi connectivity index (χ4n) is 1.42. The van der Waals surface area contributed by atoms with Gasteiger partial charge in [-0.15, -0.1) is 0 Å². The smallest absolute Gasteiger partial charge is 0.321 e. The molecule has 0 aromatic rings. The second-order valence-electron chi connectivity index (χ2n) is 3.35. The minimum Gasteiger partial charge on any atom is -0.321 e. The average molecular weight is 234 g/mol. The Hall–Kier alpha value is -0.820. The molecule has 1 aliphatic heterocycles. The van der Waals surface area contributed by atoms with Crippen LogP contribution in [0.5, 0.6) is 0 Å². The van der Waals surface area contributed by atoms with E-state index >= 15 is 0 Å². The number of rotatable bonds is 2. The standard InChI is InChI=1S/C8H16N3O3S/c1-3-11(15(2,13)14)8(12)10-6-4-9-5-7-10/h9H,1,3-7H2,2H3. The maximum absolute atomic E-state index is 11.8. The second kappa shape index (κ2) is 4.80. The number of carbonyl (C=O) groups excluding carboxylic acids is 1. The molecule has 0 aromatic heterocycles. The molecule has 6 nitrogen and oxygen atoms in total. The first-order chi connectivity index (χ1) is 6.96. The van der Waals surface area contributed by atoms with Crippen LogP contribution in [0.25, 0.3) is 0 Å². The first-order valence-electron chi connectivity index (χ1n) is 4.73. The SMILES string of the molecule is [CH2]CN(C(=O)N1CCNCC1)S(C)(=O)=O. The molecule has 1 heterocycles. The van der Waals surface area contributed by atoms with Gasteiger partial charge in [-0.2, -0.15) is 0 Å². The van der Waals surface area contributed by atoms with Crippen LogP contribution in [0.2, 0.25) is 0 Å². The van der Waals surface area contributed by atoms with E-state index in [1.165, 1.54) is 4.90 Å². The number of hydrogen-bond acceptors (Lipinski definition) is 4. The van der Waals surface area contributed by atoms with Crippen LogP contribution in [0.4, 0.5) is 4.79 Å². The molecular formula is C8H16N3O3S. The van der Waals surface area contributed by atoms with Crippen LogP contribution in [0.15, 0.2) is 0 Å². The lowest BCUT2D eigenvalue weighted by molar-refractivity contribution is 0.173. The maximum Gasteiger partial charge on any atom is 0.333 e. The molecule has 0 spiro atoms. The van der Waals surface area contributed by atoms with Crippen molar-refractivity contribution >= 4 is 16.1 Å². The molecule has 15 heavy (non-hydrogen) atoms. The quantitative estimate of drug-likeness (QED) is 0.673. The molecule has 1 aliphatic rings. The molecule has 1 radical (unpaired) electrons. The summed E-state index contributed by atoms with van der Waals surface area (Å²) in [7, 11) is -3.50. The Bertz CT molecular complexity index is 322. The van der Waals surface area contributed by atoms with Crippen LogP contribution >= 0.6 is 0 Å². The number of carbonyl (C=O) groups is 1. The second-order valence-corrected chi connectivity index (χ2v) is 5.26. The third-order valence-electron chi connectivity index (χ3n) is 2.20. The molecule has 7 heteroatoms. The molecule has 1 saturated heterocycles. The lowest BCUT2D eigenvalue weighted by atomic mass is 10.4. The summed E-state index contributed by atoms with van der Waals surface area (Å²) < 4.78 is 23.3. The van der Waals surface area contributed by atoms with Crippen molar-refractivity contribution in [3.8, 4) is 0 Å². The number of piperazine rings is 1. The maximum atomic E-state index is 11.8. The molecule has 1 rings (SSSR count). The zero-order valence-corrected chi connectivity index (χ0v) is 9.59. The average Bonchev–Trinajstić information content (AvgIpc) is 2.18. The highest BCUT2D eigenvalue weighted by Crippen LogP contribution is 2.05. The summed E-state index contributed by atoms with van der Waals surface area (Å²) in [5.41, 5.74) is 0. The number of nitrogens with one attached hydrogen (secondary N) is 1. The van der Waals surface area contributed by atoms with Crippen LogP contribution in [0.1, 0.15) is 0 Å². The van der Waals surface area contributed by atoms with Gasteiger partial charge in [0, 0.05) is 32.7 Å². The van der Waals surface area contributed by atoms with Crippen molar-refractivity contribution in [1.29, 1.82) is 0 Å². The molecule has 0 aliphatic carbocycles. The molecular weight excluding hydrogens is 218 g/mol. The van der Waals surface area contributed by atoms with Gasteiger partial charge in [0.25, 0.3) is 0 Å². The van der Waals surface area contributed by atoms with Crippen LogP contribution in [0, 0.1) is 6.92 Å². The molecule has 0 saturated carbocycles. The zero-order chi connectivity index (χ0) is 11.5. The lowest BCUT2D eigenvalue weighted by Crippen LogP contribution is -2.52. The van der Waals surface area contributed by atoms with Crippen LogP contribution < -0.4 is 5.32 Å². The number of sulfonamides is 1. The molecule has 0 bridgehead atoms. The van der Waals surface area contributed by atoms with Gasteiger partial charge in [-0.3, -0.25) is 0 Å². The summed E-state index contributed by atoms with van der Waals surface area (Å²) in [6, 6.07) is -0.478. The van der Waals surface area contributed by atoms with E-state index < -0.39 is 16.1 Å². The summed E-state index contributed by atoms with van der Waals surface area (Å²) in [5.74, 6) is 0. The third-order valence-corrected chi connectivity index (χ3v) is 3.34. The monoisotopic (exact) mass is 234 g/mol. The van der Waals surface area contributed by atoms with Crippen LogP contribution in [-0.4, -0.2) is 62.6 Å². The third kappa shape index (κ3) is 3.07. The van der Waals surface area contributed by atoms with E-state index in [1.807, 2.05) is 0 Å². The van der Waals surface area contributed by atoms with Gasteiger partial charge < -0.3 is 10.2 Å². The molecule has 0 unspecified atom stereocenters. The Morgan fingerprint density at radius 1 is 1.47 bits per heavy atom. The number of amides is 2. The molecule has 87 valence electrons. The van der Waals surface area contributed by atoms with Gasteiger partial charge in [0.05, 0.1) is 6.26 Å². The first kappa shape index (κ1) is 12.3. The lowest BCUT2D eigenvalue weighted by Gasteiger charge is -2.31. The molecule has 1 N–H and O–H groups in total. The Balaban J connectivity index is 2.72. The van der Waals surface area contributed by atoms with Gasteiger partial charge in [0.1, 0.15) is 0 Å². The van der Waals surface area contributed by atoms with E-state index in [0.717, 1.165) is 10.6 Å². The van der Waals surface area contributed by atoms with E-state index in [4.69, 9.17) is 0 Å². The summed E-state index contributed by atoms with van der Waals surface area (Å²) in [6.45, 7) is 5.84. The van der Waals surface area contributed by atoms with E-state index in [0.29, 0.717) is 26.2 Å². The summed E-state index contributed by atoms with van der Waals surface area (Å²) in [4.78, 5) is 13.3. The largest absolute Gasteiger partial charge is 0.333 e. The topological polar surface area (TPSA) is 69.7 Å². The Morgan fingerprint density at radius 2 is 2.00 bits per heavy atom. The highest BCUT2D eigenvalue weighted by molar-refractivity contribution is 7.88. The van der Waals surface area contributed by atoms with Crippen molar-refractivity contribution in [1.82, 2.24) is 14.5 Å². The number of hydrogen-bond donors (Lipinski definition) is 1. The Morgan fingerprint density at radius 3 is 2.40 bits per heavy atom. The first-order valence-corrected chi connectivity index (χ1v) is 6.58. The molecule has 1 fully saturated rings. The molecule has 2 amide bonds. The Labute approximate surface area is 90.3 Å². The minimum atomic E-state index is -3.50. The Kier molecular flexibility index (Phi) is 3.92. The fraction of sp³-hybridized carbons (Fsp3) is 0.750. The normalized spacial score (nSPS) is 17.6. The summed E-state index contributed by atoms with van der Waals surface area (Å²) in [6.07, 6.45) is 1.01. The van der Waals surface area contributed by atoms with Crippen LogP contribution in [0.3, 0.4) is 0 Å². The van der Waals surface area contributed by atoms with Gasteiger partial charge in [0.15, 0.2) is 0 Å². The zero-order valence-electron chi connectivity index (χ0n) is 8.77. The van der Waals surface area contributed by atoms with E-state index in [9.17, 15) is 13.2 Å². The van der Waals surface area contributed by atoms with Crippen LogP contribution in [-0.2, 0) is 10.0 Å². The highest BCUT2D eigenvalue weighted by atomic mass is 32.2. The van der Waals surface area contributed by atoms with Crippen molar-refractivity contribution in [3.05, 3.63) is 6.92 Å². The predicted octanol–water partition coefficient (Wildman–Crippen LogP) is -0.893. The van der Waals surface area contributed by atoms with Gasteiger partial charge in [0.2, 0.25) is 10.0 Å². The van der Waals surface area contributed by atoms with Gasteiger partial charge >= 0.3 is 6.03 Å². The summed E-state index contributed by atoms with van der Waals surface area (Å²) >= 11 is 0. The number of urea groups is 1. The highest BCUT2D eigenvalue weighted by Gasteiger charge is 2.27. The fourth-order valence-corrected chi connectivity index (χ4v) is 2.15. The van der Waals surface area contributed by atoms with Crippen molar-refractivity contribution in [3.63, 3.8) is 0 Å². The van der Waals surface area contributed by atoms with Crippen molar-refractivity contribution < 1.29 is 13.2 Å². The van der Waals surface area contributed by atoms with E-state index in [2.05, 4.69) is 12.2 Å². The van der Waals surface area contributed by atoms with E-state index in [1.54, 1.807) is 0 Å². The van der Waals surface area contributed by atoms with Crippen molar-refractivity contribution in [2.75, 3.05) is 39.0 Å². The van der Waals surface area contributed by atoms with Crippen molar-refractivity contribution in [2.45, 2.75) is 0 Å². The van der Waals surface area contributed by atoms with E-state index in [-0.39, 0.29) is 6.54 Å². The molecule has 0 aromatic carbocycles. The minimum absolute atomic E-state index is 0.0679. The van der Waals surface area contributed by atoms with Gasteiger partial charge in [-0.1, -0.05) is 0 Å². The van der Waals surface area contributed by atoms with Crippen molar-refractivity contribution in [2.24, 2.45) is 0 Å².